The highest BCUT2D eigenvalue weighted by Gasteiger charge is 2.22. The molecule has 0 radical (unpaired) electrons. The Kier molecular flexibility index (Phi) is 6.18. The van der Waals surface area contributed by atoms with Crippen molar-refractivity contribution in [3.63, 3.8) is 0 Å². The predicted octanol–water partition coefficient (Wildman–Crippen LogP) is 13.4. The number of benzene rings is 8. The number of rotatable bonds is 5. The summed E-state index contributed by atoms with van der Waals surface area (Å²) in [7, 11) is 0. The molecule has 0 amide bonds. The molecule has 0 atom stereocenters. The Morgan fingerprint density at radius 1 is 0.367 bits per heavy atom. The van der Waals surface area contributed by atoms with Crippen molar-refractivity contribution in [3.05, 3.63) is 176 Å². The average molecular weight is 628 g/mol. The van der Waals surface area contributed by atoms with Gasteiger partial charge in [0, 0.05) is 38.9 Å². The van der Waals surface area contributed by atoms with Gasteiger partial charge in [-0.3, -0.25) is 0 Å². The number of hydrogen-bond donors (Lipinski definition) is 0. The maximum atomic E-state index is 6.90. The molecule has 0 fully saturated rings. The van der Waals surface area contributed by atoms with E-state index in [0.29, 0.717) is 0 Å². The number of nitrogens with zero attached hydrogens (tertiary/aromatic N) is 1. The molecule has 3 heteroatoms. The van der Waals surface area contributed by atoms with Crippen molar-refractivity contribution >= 4 is 71.7 Å². The molecule has 230 valence electrons. The molecule has 0 bridgehead atoms. The van der Waals surface area contributed by atoms with Crippen LogP contribution in [0.4, 0.5) is 17.1 Å². The third-order valence-electron chi connectivity index (χ3n) is 9.67. The van der Waals surface area contributed by atoms with Gasteiger partial charge in [-0.15, -0.1) is 0 Å². The van der Waals surface area contributed by atoms with E-state index in [9.17, 15) is 0 Å². The van der Waals surface area contributed by atoms with Crippen LogP contribution in [0.5, 0.6) is 0 Å². The van der Waals surface area contributed by atoms with Crippen LogP contribution in [0.25, 0.3) is 76.9 Å². The fourth-order valence-corrected chi connectivity index (χ4v) is 7.36. The van der Waals surface area contributed by atoms with Crippen LogP contribution < -0.4 is 4.90 Å². The third kappa shape index (κ3) is 4.44. The molecule has 0 N–H and O–H groups in total. The quantitative estimate of drug-likeness (QED) is 0.190. The van der Waals surface area contributed by atoms with Crippen LogP contribution in [0.2, 0.25) is 0 Å². The van der Waals surface area contributed by atoms with Crippen molar-refractivity contribution in [2.45, 2.75) is 0 Å². The molecule has 0 unspecified atom stereocenters. The van der Waals surface area contributed by atoms with E-state index < -0.39 is 0 Å². The SMILES string of the molecule is c1ccc(-c2ccc(N(c3ccc4c(c3)oc3ccc5ccccc5c34)c3cccc4c3oc3c(-c5ccccc5)cccc34)cc2)cc1. The van der Waals surface area contributed by atoms with Gasteiger partial charge in [0.05, 0.1) is 11.4 Å². The van der Waals surface area contributed by atoms with Gasteiger partial charge in [-0.2, -0.15) is 0 Å². The van der Waals surface area contributed by atoms with Gasteiger partial charge < -0.3 is 13.7 Å². The van der Waals surface area contributed by atoms with E-state index >= 15 is 0 Å². The van der Waals surface area contributed by atoms with Gasteiger partial charge in [0.2, 0.25) is 0 Å². The van der Waals surface area contributed by atoms with Gasteiger partial charge in [-0.05, 0) is 63.9 Å². The van der Waals surface area contributed by atoms with E-state index in [1.54, 1.807) is 0 Å². The minimum Gasteiger partial charge on any atom is -0.456 e. The largest absolute Gasteiger partial charge is 0.456 e. The zero-order valence-electron chi connectivity index (χ0n) is 26.5. The molecule has 49 heavy (non-hydrogen) atoms. The van der Waals surface area contributed by atoms with E-state index in [-0.39, 0.29) is 0 Å². The van der Waals surface area contributed by atoms with Crippen LogP contribution >= 0.6 is 0 Å². The maximum absolute atomic E-state index is 6.90. The summed E-state index contributed by atoms with van der Waals surface area (Å²) in [5.41, 5.74) is 11.0. The second-order valence-corrected chi connectivity index (χ2v) is 12.5. The number of furan rings is 2. The van der Waals surface area contributed by atoms with Gasteiger partial charge >= 0.3 is 0 Å². The van der Waals surface area contributed by atoms with Crippen molar-refractivity contribution in [1.29, 1.82) is 0 Å². The molecule has 0 saturated heterocycles. The Labute approximate surface area is 282 Å². The number of para-hydroxylation sites is 2. The molecule has 10 rings (SSSR count). The lowest BCUT2D eigenvalue weighted by atomic mass is 10.0. The van der Waals surface area contributed by atoms with Gasteiger partial charge in [0.25, 0.3) is 0 Å². The minimum absolute atomic E-state index is 0.837. The minimum atomic E-state index is 0.837. The predicted molar refractivity (Wildman–Crippen MR) is 204 cm³/mol. The van der Waals surface area contributed by atoms with Gasteiger partial charge in [0.15, 0.2) is 5.58 Å². The van der Waals surface area contributed by atoms with Crippen molar-refractivity contribution < 1.29 is 8.83 Å². The van der Waals surface area contributed by atoms with Gasteiger partial charge in [0.1, 0.15) is 16.7 Å². The van der Waals surface area contributed by atoms with Crippen molar-refractivity contribution in [2.24, 2.45) is 0 Å². The Balaban J connectivity index is 1.20. The Hall–Kier alpha value is -6.58. The van der Waals surface area contributed by atoms with Crippen LogP contribution in [0.15, 0.2) is 185 Å². The summed E-state index contributed by atoms with van der Waals surface area (Å²) in [6.45, 7) is 0. The van der Waals surface area contributed by atoms with Crippen LogP contribution in [-0.2, 0) is 0 Å². The molecule has 0 aliphatic heterocycles. The summed E-state index contributed by atoms with van der Waals surface area (Å²) in [6.07, 6.45) is 0. The molecule has 2 heterocycles. The molecule has 0 aliphatic rings. The number of anilines is 3. The van der Waals surface area contributed by atoms with Crippen LogP contribution in [0, 0.1) is 0 Å². The molecule has 8 aromatic carbocycles. The van der Waals surface area contributed by atoms with E-state index in [1.807, 2.05) is 12.1 Å². The fraction of sp³-hybridized carbons (Fsp3) is 0. The average Bonchev–Trinajstić information content (AvgIpc) is 3.75. The molecule has 0 aliphatic carbocycles. The Morgan fingerprint density at radius 2 is 1.02 bits per heavy atom. The Bertz CT molecular complexity index is 2810. The van der Waals surface area contributed by atoms with Gasteiger partial charge in [-0.1, -0.05) is 133 Å². The molecule has 3 nitrogen and oxygen atoms in total. The summed E-state index contributed by atoms with van der Waals surface area (Å²) in [6, 6.07) is 61.8. The molecule has 10 aromatic rings. The number of fused-ring (bicyclic) bond motifs is 8. The first-order valence-electron chi connectivity index (χ1n) is 16.6. The first-order valence-corrected chi connectivity index (χ1v) is 16.6. The zero-order chi connectivity index (χ0) is 32.3. The van der Waals surface area contributed by atoms with E-state index in [0.717, 1.165) is 72.1 Å². The third-order valence-corrected chi connectivity index (χ3v) is 9.67. The first-order chi connectivity index (χ1) is 24.3. The highest BCUT2D eigenvalue weighted by Crippen LogP contribution is 2.45. The topological polar surface area (TPSA) is 29.5 Å². The highest BCUT2D eigenvalue weighted by molar-refractivity contribution is 6.19. The smallest absolute Gasteiger partial charge is 0.159 e. The lowest BCUT2D eigenvalue weighted by Gasteiger charge is -2.25. The molecule has 0 spiro atoms. The molecule has 0 saturated carbocycles. The maximum Gasteiger partial charge on any atom is 0.159 e. The lowest BCUT2D eigenvalue weighted by Crippen LogP contribution is -2.10. The van der Waals surface area contributed by atoms with Crippen molar-refractivity contribution in [1.82, 2.24) is 0 Å². The standard InChI is InChI=1S/C46H29NO2/c1-3-11-30(12-4-1)31-21-24-34(25-22-31)47(35-26-27-40-43(29-35)48-42-28-23-33-15-7-8-16-36(33)44(40)42)41-20-10-19-39-38-18-9-17-37(45(38)49-46(39)41)32-13-5-2-6-14-32/h1-29H. The molecular formula is C46H29NO2. The van der Waals surface area contributed by atoms with Crippen LogP contribution in [0.1, 0.15) is 0 Å². The fourth-order valence-electron chi connectivity index (χ4n) is 7.36. The van der Waals surface area contributed by atoms with E-state index in [1.165, 1.54) is 21.9 Å². The van der Waals surface area contributed by atoms with Crippen molar-refractivity contribution in [3.8, 4) is 22.3 Å². The Morgan fingerprint density at radius 3 is 1.84 bits per heavy atom. The molecule has 2 aromatic heterocycles. The summed E-state index contributed by atoms with van der Waals surface area (Å²) >= 11 is 0. The monoisotopic (exact) mass is 627 g/mol. The lowest BCUT2D eigenvalue weighted by molar-refractivity contribution is 0.668. The number of hydrogen-bond acceptors (Lipinski definition) is 3. The zero-order valence-corrected chi connectivity index (χ0v) is 26.5. The van der Waals surface area contributed by atoms with Crippen molar-refractivity contribution in [2.75, 3.05) is 4.90 Å². The van der Waals surface area contributed by atoms with E-state index in [2.05, 4.69) is 169 Å². The van der Waals surface area contributed by atoms with Gasteiger partial charge in [-0.25, -0.2) is 0 Å². The molecular weight excluding hydrogens is 599 g/mol. The van der Waals surface area contributed by atoms with Crippen LogP contribution in [0.3, 0.4) is 0 Å². The van der Waals surface area contributed by atoms with E-state index in [4.69, 9.17) is 8.83 Å². The summed E-state index contributed by atoms with van der Waals surface area (Å²) in [4.78, 5) is 2.28. The van der Waals surface area contributed by atoms with Crippen LogP contribution in [-0.4, -0.2) is 0 Å². The second kappa shape index (κ2) is 11.0. The summed E-state index contributed by atoms with van der Waals surface area (Å²) in [5.74, 6) is 0. The summed E-state index contributed by atoms with van der Waals surface area (Å²) in [5, 5.41) is 6.81. The summed E-state index contributed by atoms with van der Waals surface area (Å²) < 4.78 is 13.5. The highest BCUT2D eigenvalue weighted by atomic mass is 16.3. The first kappa shape index (κ1) is 27.5. The normalized spacial score (nSPS) is 11.7. The second-order valence-electron chi connectivity index (χ2n) is 12.5.